The number of aromatic nitrogens is 4. The predicted octanol–water partition coefficient (Wildman–Crippen LogP) is 1.57. The maximum atomic E-state index is 12.4. The Balaban J connectivity index is 1.84. The van der Waals surface area contributed by atoms with Crippen molar-refractivity contribution in [3.63, 3.8) is 0 Å². The number of nitrogens with one attached hydrogen (secondary N) is 1. The molecule has 0 aliphatic carbocycles. The van der Waals surface area contributed by atoms with Crippen molar-refractivity contribution in [2.45, 2.75) is 6.54 Å². The standard InChI is InChI=1S/C14H15N5O/c1-18(8-10-7-15-19(2)9-10)14(20)13-11-5-3-4-6-12(11)16-17-13/h3-7,9H,8H2,1-2H3,(H,16,17). The van der Waals surface area contributed by atoms with Gasteiger partial charge in [0.2, 0.25) is 0 Å². The molecule has 0 aliphatic heterocycles. The maximum absolute atomic E-state index is 12.4. The molecule has 102 valence electrons. The summed E-state index contributed by atoms with van der Waals surface area (Å²) in [7, 11) is 3.62. The minimum Gasteiger partial charge on any atom is -0.336 e. The highest BCUT2D eigenvalue weighted by Crippen LogP contribution is 2.17. The first-order valence-electron chi connectivity index (χ1n) is 6.31. The van der Waals surface area contributed by atoms with Crippen LogP contribution in [0.15, 0.2) is 36.7 Å². The van der Waals surface area contributed by atoms with Crippen molar-refractivity contribution >= 4 is 16.8 Å². The molecule has 2 heterocycles. The topological polar surface area (TPSA) is 66.8 Å². The van der Waals surface area contributed by atoms with E-state index >= 15 is 0 Å². The van der Waals surface area contributed by atoms with Crippen LogP contribution in [0.1, 0.15) is 16.1 Å². The summed E-state index contributed by atoms with van der Waals surface area (Å²) in [6, 6.07) is 7.61. The number of amides is 1. The summed E-state index contributed by atoms with van der Waals surface area (Å²) in [4.78, 5) is 14.1. The van der Waals surface area contributed by atoms with E-state index in [4.69, 9.17) is 0 Å². The molecule has 2 aromatic heterocycles. The van der Waals surface area contributed by atoms with E-state index in [-0.39, 0.29) is 5.91 Å². The first-order chi connectivity index (χ1) is 9.65. The summed E-state index contributed by atoms with van der Waals surface area (Å²) < 4.78 is 1.72. The summed E-state index contributed by atoms with van der Waals surface area (Å²) >= 11 is 0. The van der Waals surface area contributed by atoms with Crippen molar-refractivity contribution in [2.24, 2.45) is 7.05 Å². The highest BCUT2D eigenvalue weighted by atomic mass is 16.2. The van der Waals surface area contributed by atoms with E-state index < -0.39 is 0 Å². The molecule has 0 fully saturated rings. The number of benzene rings is 1. The largest absolute Gasteiger partial charge is 0.336 e. The van der Waals surface area contributed by atoms with Crippen molar-refractivity contribution in [3.05, 3.63) is 47.9 Å². The normalized spacial score (nSPS) is 10.9. The summed E-state index contributed by atoms with van der Waals surface area (Å²) in [6.07, 6.45) is 3.65. The maximum Gasteiger partial charge on any atom is 0.275 e. The number of hydrogen-bond acceptors (Lipinski definition) is 3. The number of nitrogens with zero attached hydrogens (tertiary/aromatic N) is 4. The summed E-state index contributed by atoms with van der Waals surface area (Å²) in [5.41, 5.74) is 2.31. The Bertz CT molecular complexity index is 758. The van der Waals surface area contributed by atoms with Gasteiger partial charge in [-0.05, 0) is 6.07 Å². The van der Waals surface area contributed by atoms with Gasteiger partial charge in [-0.3, -0.25) is 14.6 Å². The third kappa shape index (κ3) is 2.16. The second kappa shape index (κ2) is 4.80. The molecule has 20 heavy (non-hydrogen) atoms. The van der Waals surface area contributed by atoms with E-state index in [2.05, 4.69) is 15.3 Å². The zero-order valence-electron chi connectivity index (χ0n) is 11.4. The number of para-hydroxylation sites is 1. The molecular formula is C14H15N5O. The lowest BCUT2D eigenvalue weighted by Gasteiger charge is -2.14. The van der Waals surface area contributed by atoms with Gasteiger partial charge >= 0.3 is 0 Å². The lowest BCUT2D eigenvalue weighted by molar-refractivity contribution is 0.0781. The monoisotopic (exact) mass is 269 g/mol. The van der Waals surface area contributed by atoms with Crippen LogP contribution in [0.3, 0.4) is 0 Å². The predicted molar refractivity (Wildman–Crippen MR) is 75.1 cm³/mol. The van der Waals surface area contributed by atoms with Gasteiger partial charge in [-0.1, -0.05) is 18.2 Å². The fraction of sp³-hybridized carbons (Fsp3) is 0.214. The molecule has 3 rings (SSSR count). The Morgan fingerprint density at radius 1 is 1.40 bits per heavy atom. The van der Waals surface area contributed by atoms with Gasteiger partial charge in [-0.2, -0.15) is 10.2 Å². The van der Waals surface area contributed by atoms with Crippen LogP contribution < -0.4 is 0 Å². The SMILES string of the molecule is CN(Cc1cnn(C)c1)C(=O)c1n[nH]c2ccccc12. The van der Waals surface area contributed by atoms with Crippen molar-refractivity contribution in [1.82, 2.24) is 24.9 Å². The van der Waals surface area contributed by atoms with Gasteiger partial charge in [0.15, 0.2) is 5.69 Å². The van der Waals surface area contributed by atoms with E-state index in [9.17, 15) is 4.79 Å². The van der Waals surface area contributed by atoms with Crippen molar-refractivity contribution in [2.75, 3.05) is 7.05 Å². The van der Waals surface area contributed by atoms with Crippen LogP contribution in [0.25, 0.3) is 10.9 Å². The van der Waals surface area contributed by atoms with E-state index in [1.54, 1.807) is 22.8 Å². The average Bonchev–Trinajstić information content (AvgIpc) is 3.04. The Morgan fingerprint density at radius 3 is 2.95 bits per heavy atom. The molecule has 0 saturated heterocycles. The van der Waals surface area contributed by atoms with Gasteiger partial charge in [0.25, 0.3) is 5.91 Å². The number of aromatic amines is 1. The molecule has 0 unspecified atom stereocenters. The number of H-pyrrole nitrogens is 1. The van der Waals surface area contributed by atoms with Gasteiger partial charge in [0.1, 0.15) is 0 Å². The van der Waals surface area contributed by atoms with Gasteiger partial charge in [0, 0.05) is 37.8 Å². The van der Waals surface area contributed by atoms with Crippen molar-refractivity contribution in [3.8, 4) is 0 Å². The molecule has 0 saturated carbocycles. The smallest absolute Gasteiger partial charge is 0.275 e. The molecular weight excluding hydrogens is 254 g/mol. The van der Waals surface area contributed by atoms with E-state index in [1.165, 1.54) is 0 Å². The number of aryl methyl sites for hydroxylation is 1. The van der Waals surface area contributed by atoms with Gasteiger partial charge in [0.05, 0.1) is 11.7 Å². The molecule has 0 atom stereocenters. The van der Waals surface area contributed by atoms with Crippen LogP contribution in [0.4, 0.5) is 0 Å². The summed E-state index contributed by atoms with van der Waals surface area (Å²) in [5, 5.41) is 11.9. The van der Waals surface area contributed by atoms with Gasteiger partial charge in [-0.25, -0.2) is 0 Å². The fourth-order valence-corrected chi connectivity index (χ4v) is 2.21. The minimum atomic E-state index is -0.105. The number of carbonyl (C=O) groups is 1. The summed E-state index contributed by atoms with van der Waals surface area (Å²) in [5.74, 6) is -0.105. The zero-order chi connectivity index (χ0) is 14.1. The first kappa shape index (κ1) is 12.4. The molecule has 6 heteroatoms. The van der Waals surface area contributed by atoms with Gasteiger partial charge < -0.3 is 4.90 Å². The number of fused-ring (bicyclic) bond motifs is 1. The molecule has 1 N–H and O–H groups in total. The summed E-state index contributed by atoms with van der Waals surface area (Å²) in [6.45, 7) is 0.508. The lowest BCUT2D eigenvalue weighted by Crippen LogP contribution is -2.26. The van der Waals surface area contributed by atoms with E-state index in [0.717, 1.165) is 16.5 Å². The lowest BCUT2D eigenvalue weighted by atomic mass is 10.2. The van der Waals surface area contributed by atoms with Crippen LogP contribution >= 0.6 is 0 Å². The van der Waals surface area contributed by atoms with Crippen LogP contribution in [0, 0.1) is 0 Å². The van der Waals surface area contributed by atoms with Gasteiger partial charge in [-0.15, -0.1) is 0 Å². The zero-order valence-corrected chi connectivity index (χ0v) is 11.4. The third-order valence-corrected chi connectivity index (χ3v) is 3.20. The molecule has 3 aromatic rings. The second-order valence-corrected chi connectivity index (χ2v) is 4.80. The molecule has 0 aliphatic rings. The van der Waals surface area contributed by atoms with Crippen LogP contribution in [0.5, 0.6) is 0 Å². The Hall–Kier alpha value is -2.63. The third-order valence-electron chi connectivity index (χ3n) is 3.20. The Morgan fingerprint density at radius 2 is 2.20 bits per heavy atom. The molecule has 0 radical (unpaired) electrons. The average molecular weight is 269 g/mol. The Kier molecular flexibility index (Phi) is 2.98. The molecule has 1 amide bonds. The van der Waals surface area contributed by atoms with Crippen molar-refractivity contribution in [1.29, 1.82) is 0 Å². The highest BCUT2D eigenvalue weighted by molar-refractivity contribution is 6.04. The molecule has 0 bridgehead atoms. The molecule has 1 aromatic carbocycles. The highest BCUT2D eigenvalue weighted by Gasteiger charge is 2.18. The Labute approximate surface area is 116 Å². The fourth-order valence-electron chi connectivity index (χ4n) is 2.21. The quantitative estimate of drug-likeness (QED) is 0.784. The van der Waals surface area contributed by atoms with Crippen molar-refractivity contribution < 1.29 is 4.79 Å². The molecule has 0 spiro atoms. The first-order valence-corrected chi connectivity index (χ1v) is 6.31. The number of carbonyl (C=O) groups excluding carboxylic acids is 1. The van der Waals surface area contributed by atoms with Crippen LogP contribution in [-0.2, 0) is 13.6 Å². The van der Waals surface area contributed by atoms with Crippen LogP contribution in [0.2, 0.25) is 0 Å². The van der Waals surface area contributed by atoms with E-state index in [0.29, 0.717) is 12.2 Å². The van der Waals surface area contributed by atoms with E-state index in [1.807, 2.05) is 37.5 Å². The number of hydrogen-bond donors (Lipinski definition) is 1. The molecule has 6 nitrogen and oxygen atoms in total. The minimum absolute atomic E-state index is 0.105. The number of rotatable bonds is 3. The second-order valence-electron chi connectivity index (χ2n) is 4.80. The van der Waals surface area contributed by atoms with Crippen LogP contribution in [-0.4, -0.2) is 37.8 Å².